The van der Waals surface area contributed by atoms with Gasteiger partial charge in [-0.1, -0.05) is 6.07 Å². The van der Waals surface area contributed by atoms with Crippen molar-refractivity contribution in [3.63, 3.8) is 0 Å². The molecule has 0 amide bonds. The first-order valence-electron chi connectivity index (χ1n) is 8.11. The van der Waals surface area contributed by atoms with Gasteiger partial charge in [0.15, 0.2) is 23.0 Å². The number of nitrogens with one attached hydrogen (secondary N) is 1. The molecule has 2 aromatic carbocycles. The molecular weight excluding hydrogens is 306 g/mol. The van der Waals surface area contributed by atoms with Crippen LogP contribution < -0.4 is 24.3 Å². The van der Waals surface area contributed by atoms with E-state index in [1.165, 1.54) is 11.1 Å². The Hall–Kier alpha value is -2.40. The molecule has 2 aromatic rings. The predicted molar refractivity (Wildman–Crippen MR) is 90.8 cm³/mol. The molecule has 5 heteroatoms. The van der Waals surface area contributed by atoms with Crippen molar-refractivity contribution in [2.45, 2.75) is 18.9 Å². The van der Waals surface area contributed by atoms with Crippen LogP contribution >= 0.6 is 0 Å². The Labute approximate surface area is 141 Å². The fourth-order valence-corrected chi connectivity index (χ4v) is 3.63. The molecule has 2 aliphatic rings. The van der Waals surface area contributed by atoms with Crippen molar-refractivity contribution in [2.24, 2.45) is 0 Å². The number of hydrogen-bond acceptors (Lipinski definition) is 5. The summed E-state index contributed by atoms with van der Waals surface area (Å²) in [5, 5.41) is 3.61. The second kappa shape index (κ2) is 5.91. The zero-order chi connectivity index (χ0) is 16.7. The van der Waals surface area contributed by atoms with Crippen LogP contribution in [0.15, 0.2) is 24.3 Å². The van der Waals surface area contributed by atoms with Gasteiger partial charge in [-0.25, -0.2) is 0 Å². The minimum Gasteiger partial charge on any atom is -0.493 e. The molecule has 5 nitrogen and oxygen atoms in total. The predicted octanol–water partition coefficient (Wildman–Crippen LogP) is 3.25. The van der Waals surface area contributed by atoms with Gasteiger partial charge in [0, 0.05) is 23.2 Å². The van der Waals surface area contributed by atoms with Crippen LogP contribution in [0.25, 0.3) is 0 Å². The van der Waals surface area contributed by atoms with Crippen LogP contribution in [0.2, 0.25) is 0 Å². The number of rotatable bonds is 3. The van der Waals surface area contributed by atoms with Crippen LogP contribution in [0.4, 0.5) is 0 Å². The van der Waals surface area contributed by atoms with E-state index in [-0.39, 0.29) is 6.04 Å². The lowest BCUT2D eigenvalue weighted by molar-refractivity contribution is 0.349. The second-order valence-corrected chi connectivity index (χ2v) is 6.05. The molecule has 1 unspecified atom stereocenters. The first-order chi connectivity index (χ1) is 11.7. The number of benzene rings is 2. The summed E-state index contributed by atoms with van der Waals surface area (Å²) < 4.78 is 22.7. The van der Waals surface area contributed by atoms with Gasteiger partial charge in [-0.05, 0) is 37.1 Å². The molecule has 2 aliphatic heterocycles. The number of hydrogen-bond donors (Lipinski definition) is 1. The average Bonchev–Trinajstić information content (AvgIpc) is 2.78. The van der Waals surface area contributed by atoms with Crippen LogP contribution in [0.3, 0.4) is 0 Å². The van der Waals surface area contributed by atoms with Gasteiger partial charge < -0.3 is 24.3 Å². The molecular formula is C19H21NO4. The van der Waals surface area contributed by atoms with E-state index in [2.05, 4.69) is 11.4 Å². The summed E-state index contributed by atoms with van der Waals surface area (Å²) in [6.45, 7) is 0.964. The fraction of sp³-hybridized carbons (Fsp3) is 0.368. The van der Waals surface area contributed by atoms with Crippen molar-refractivity contribution in [3.8, 4) is 28.7 Å². The molecule has 0 aliphatic carbocycles. The van der Waals surface area contributed by atoms with Crippen LogP contribution in [-0.2, 0) is 12.8 Å². The van der Waals surface area contributed by atoms with Crippen molar-refractivity contribution < 1.29 is 18.9 Å². The topological polar surface area (TPSA) is 49.0 Å². The smallest absolute Gasteiger partial charge is 0.174 e. The standard InChI is InChI=1S/C19H21NO4/c1-21-14-5-4-11-6-7-20-13-8-12-9-16(22-2)17(23-3)10-15(12)24-19(14)18(11)13/h4-5,9-10,13,20H,6-8H2,1-3H3. The molecule has 24 heavy (non-hydrogen) atoms. The molecule has 1 N–H and O–H groups in total. The van der Waals surface area contributed by atoms with E-state index in [0.717, 1.165) is 42.2 Å². The van der Waals surface area contributed by atoms with Crippen LogP contribution in [0.5, 0.6) is 28.7 Å². The van der Waals surface area contributed by atoms with Crippen molar-refractivity contribution in [1.82, 2.24) is 5.32 Å². The van der Waals surface area contributed by atoms with Gasteiger partial charge in [-0.2, -0.15) is 0 Å². The summed E-state index contributed by atoms with van der Waals surface area (Å²) in [5.74, 6) is 3.72. The number of fused-ring (bicyclic) bond motifs is 1. The lowest BCUT2D eigenvalue weighted by Crippen LogP contribution is -2.31. The summed E-state index contributed by atoms with van der Waals surface area (Å²) in [5.41, 5.74) is 3.62. The Morgan fingerprint density at radius 1 is 0.958 bits per heavy atom. The Morgan fingerprint density at radius 2 is 1.71 bits per heavy atom. The maximum atomic E-state index is 6.31. The highest BCUT2D eigenvalue weighted by molar-refractivity contribution is 5.60. The third-order valence-electron chi connectivity index (χ3n) is 4.81. The fourth-order valence-electron chi connectivity index (χ4n) is 3.63. The van der Waals surface area contributed by atoms with E-state index in [1.807, 2.05) is 18.2 Å². The molecule has 4 rings (SSSR count). The first kappa shape index (κ1) is 15.1. The molecule has 0 saturated heterocycles. The van der Waals surface area contributed by atoms with Crippen molar-refractivity contribution >= 4 is 0 Å². The average molecular weight is 327 g/mol. The zero-order valence-electron chi connectivity index (χ0n) is 14.1. The highest BCUT2D eigenvalue weighted by atomic mass is 16.5. The van der Waals surface area contributed by atoms with Crippen molar-refractivity contribution in [2.75, 3.05) is 27.9 Å². The Balaban J connectivity index is 1.91. The van der Waals surface area contributed by atoms with Gasteiger partial charge in [0.1, 0.15) is 5.75 Å². The summed E-state index contributed by atoms with van der Waals surface area (Å²) in [7, 11) is 4.95. The second-order valence-electron chi connectivity index (χ2n) is 6.05. The Kier molecular flexibility index (Phi) is 3.73. The van der Waals surface area contributed by atoms with Gasteiger partial charge in [0.25, 0.3) is 0 Å². The zero-order valence-corrected chi connectivity index (χ0v) is 14.1. The molecule has 0 fully saturated rings. The van der Waals surface area contributed by atoms with E-state index in [1.54, 1.807) is 21.3 Å². The molecule has 126 valence electrons. The van der Waals surface area contributed by atoms with Crippen LogP contribution in [0, 0.1) is 0 Å². The van der Waals surface area contributed by atoms with Gasteiger partial charge >= 0.3 is 0 Å². The van der Waals surface area contributed by atoms with Gasteiger partial charge in [-0.3, -0.25) is 0 Å². The number of ether oxygens (including phenoxy) is 4. The summed E-state index contributed by atoms with van der Waals surface area (Å²) >= 11 is 0. The molecule has 0 radical (unpaired) electrons. The molecule has 0 bridgehead atoms. The highest BCUT2D eigenvalue weighted by Crippen LogP contribution is 2.48. The Bertz CT molecular complexity index is 787. The quantitative estimate of drug-likeness (QED) is 0.938. The van der Waals surface area contributed by atoms with Gasteiger partial charge in [0.05, 0.1) is 21.3 Å². The maximum absolute atomic E-state index is 6.31. The van der Waals surface area contributed by atoms with E-state index < -0.39 is 0 Å². The van der Waals surface area contributed by atoms with Gasteiger partial charge in [-0.15, -0.1) is 0 Å². The molecule has 2 heterocycles. The third kappa shape index (κ3) is 2.27. The lowest BCUT2D eigenvalue weighted by atomic mass is 9.90. The maximum Gasteiger partial charge on any atom is 0.174 e. The normalized spacial score (nSPS) is 17.9. The minimum absolute atomic E-state index is 0.207. The Morgan fingerprint density at radius 3 is 2.46 bits per heavy atom. The van der Waals surface area contributed by atoms with Crippen molar-refractivity contribution in [3.05, 3.63) is 41.0 Å². The molecule has 0 spiro atoms. The summed E-state index contributed by atoms with van der Waals surface area (Å²) in [6, 6.07) is 8.24. The third-order valence-corrected chi connectivity index (χ3v) is 4.81. The van der Waals surface area contributed by atoms with E-state index in [9.17, 15) is 0 Å². The van der Waals surface area contributed by atoms with Gasteiger partial charge in [0.2, 0.25) is 0 Å². The SMILES string of the molecule is COc1cc2c(cc1OC)Oc1c(OC)ccc3c1C(C2)NCC3. The minimum atomic E-state index is 0.207. The largest absolute Gasteiger partial charge is 0.493 e. The number of methoxy groups -OCH3 is 3. The molecule has 0 aromatic heterocycles. The van der Waals surface area contributed by atoms with E-state index in [0.29, 0.717) is 11.5 Å². The highest BCUT2D eigenvalue weighted by Gasteiger charge is 2.31. The monoisotopic (exact) mass is 327 g/mol. The van der Waals surface area contributed by atoms with Crippen LogP contribution in [-0.4, -0.2) is 27.9 Å². The van der Waals surface area contributed by atoms with Crippen molar-refractivity contribution in [1.29, 1.82) is 0 Å². The summed E-state index contributed by atoms with van der Waals surface area (Å²) in [4.78, 5) is 0. The van der Waals surface area contributed by atoms with E-state index in [4.69, 9.17) is 18.9 Å². The molecule has 1 atom stereocenters. The lowest BCUT2D eigenvalue weighted by Gasteiger charge is -2.27. The summed E-state index contributed by atoms with van der Waals surface area (Å²) in [6.07, 6.45) is 1.83. The molecule has 0 saturated carbocycles. The van der Waals surface area contributed by atoms with Crippen LogP contribution in [0.1, 0.15) is 22.7 Å². The van der Waals surface area contributed by atoms with E-state index >= 15 is 0 Å². The first-order valence-corrected chi connectivity index (χ1v) is 8.11.